The second-order valence-electron chi connectivity index (χ2n) is 6.05. The van der Waals surface area contributed by atoms with Crippen molar-refractivity contribution in [3.8, 4) is 0 Å². The second kappa shape index (κ2) is 5.96. The van der Waals surface area contributed by atoms with Gasteiger partial charge >= 0.3 is 6.18 Å². The fourth-order valence-electron chi connectivity index (χ4n) is 2.97. The molecule has 0 bridgehead atoms. The summed E-state index contributed by atoms with van der Waals surface area (Å²) in [6, 6.07) is 5.45. The zero-order chi connectivity index (χ0) is 17.5. The molecule has 1 amide bonds. The second-order valence-corrected chi connectivity index (χ2v) is 6.05. The van der Waals surface area contributed by atoms with Gasteiger partial charge in [-0.05, 0) is 37.8 Å². The van der Waals surface area contributed by atoms with Crippen LogP contribution >= 0.6 is 0 Å². The Morgan fingerprint density at radius 1 is 1.33 bits per heavy atom. The number of rotatable bonds is 4. The van der Waals surface area contributed by atoms with Crippen LogP contribution in [0.3, 0.4) is 0 Å². The number of nitrogens with zero attached hydrogens (tertiary/aromatic N) is 1. The van der Waals surface area contributed by atoms with Gasteiger partial charge in [0.05, 0.1) is 11.3 Å². The molecular formula is C17H17F3N2O2. The van der Waals surface area contributed by atoms with Gasteiger partial charge in [-0.3, -0.25) is 4.79 Å². The van der Waals surface area contributed by atoms with Gasteiger partial charge in [0.2, 0.25) is 5.91 Å². The molecule has 1 N–H and O–H groups in total. The summed E-state index contributed by atoms with van der Waals surface area (Å²) >= 11 is 0. The van der Waals surface area contributed by atoms with Gasteiger partial charge in [0.25, 0.3) is 0 Å². The molecule has 0 radical (unpaired) electrons. The van der Waals surface area contributed by atoms with E-state index in [2.05, 4.69) is 10.5 Å². The van der Waals surface area contributed by atoms with Crippen LogP contribution in [0, 0.1) is 19.8 Å². The zero-order valence-electron chi connectivity index (χ0n) is 13.3. The summed E-state index contributed by atoms with van der Waals surface area (Å²) in [4.78, 5) is 12.2. The number of halogens is 3. The van der Waals surface area contributed by atoms with E-state index in [-0.39, 0.29) is 23.9 Å². The van der Waals surface area contributed by atoms with Crippen LogP contribution in [0.5, 0.6) is 0 Å². The highest BCUT2D eigenvalue weighted by molar-refractivity contribution is 5.83. The largest absolute Gasteiger partial charge is 0.416 e. The molecule has 1 aliphatic rings. The lowest BCUT2D eigenvalue weighted by Crippen LogP contribution is -2.25. The van der Waals surface area contributed by atoms with E-state index >= 15 is 0 Å². The Balaban J connectivity index is 1.67. The van der Waals surface area contributed by atoms with Gasteiger partial charge in [0.15, 0.2) is 0 Å². The third-order valence-corrected chi connectivity index (χ3v) is 4.41. The molecule has 24 heavy (non-hydrogen) atoms. The van der Waals surface area contributed by atoms with Gasteiger partial charge in [-0.1, -0.05) is 23.4 Å². The molecule has 1 aliphatic carbocycles. The molecule has 4 nitrogen and oxygen atoms in total. The van der Waals surface area contributed by atoms with Crippen molar-refractivity contribution in [2.75, 3.05) is 0 Å². The number of aromatic nitrogens is 1. The number of carbonyl (C=O) groups is 1. The number of hydrogen-bond donors (Lipinski definition) is 1. The first-order valence-corrected chi connectivity index (χ1v) is 7.64. The van der Waals surface area contributed by atoms with Crippen LogP contribution in [0.1, 0.15) is 40.5 Å². The maximum atomic E-state index is 13.1. The highest BCUT2D eigenvalue weighted by Crippen LogP contribution is 2.51. The minimum atomic E-state index is -4.41. The van der Waals surface area contributed by atoms with E-state index in [1.165, 1.54) is 12.1 Å². The zero-order valence-corrected chi connectivity index (χ0v) is 13.3. The number of benzene rings is 1. The Morgan fingerprint density at radius 3 is 2.67 bits per heavy atom. The van der Waals surface area contributed by atoms with Crippen molar-refractivity contribution < 1.29 is 22.5 Å². The number of nitrogens with one attached hydrogen (secondary N) is 1. The normalized spacial score (nSPS) is 20.0. The number of carbonyl (C=O) groups excluding carboxylic acids is 1. The highest BCUT2D eigenvalue weighted by Gasteiger charge is 2.47. The van der Waals surface area contributed by atoms with E-state index in [4.69, 9.17) is 4.52 Å². The molecule has 7 heteroatoms. The van der Waals surface area contributed by atoms with Crippen LogP contribution in [-0.2, 0) is 17.5 Å². The van der Waals surface area contributed by atoms with Crippen LogP contribution in [0.2, 0.25) is 0 Å². The van der Waals surface area contributed by atoms with E-state index in [1.54, 1.807) is 19.9 Å². The summed E-state index contributed by atoms with van der Waals surface area (Å²) in [5.74, 6) is -0.416. The molecule has 1 saturated carbocycles. The smallest absolute Gasteiger partial charge is 0.361 e. The Labute approximate surface area is 137 Å². The molecule has 2 atom stereocenters. The third kappa shape index (κ3) is 3.16. The summed E-state index contributed by atoms with van der Waals surface area (Å²) in [7, 11) is 0. The Morgan fingerprint density at radius 2 is 2.04 bits per heavy atom. The standard InChI is InChI=1S/C17H17F3N2O2/c1-9-14(10(2)24-22-9)8-21-16(23)13-7-12(13)11-5-3-4-6-15(11)17(18,19)20/h3-6,12-13H,7-8H2,1-2H3,(H,21,23)/t12-,13-/m1/s1. The average molecular weight is 338 g/mol. The molecule has 0 spiro atoms. The summed E-state index contributed by atoms with van der Waals surface area (Å²) in [6.07, 6.45) is -3.97. The highest BCUT2D eigenvalue weighted by atomic mass is 19.4. The molecule has 1 aromatic heterocycles. The minimum absolute atomic E-state index is 0.197. The molecule has 1 heterocycles. The van der Waals surface area contributed by atoms with Crippen molar-refractivity contribution in [2.45, 2.75) is 38.9 Å². The van der Waals surface area contributed by atoms with E-state index in [0.29, 0.717) is 17.9 Å². The fourth-order valence-corrected chi connectivity index (χ4v) is 2.97. The summed E-state index contributed by atoms with van der Waals surface area (Å²) < 4.78 is 44.2. The van der Waals surface area contributed by atoms with Crippen LogP contribution in [-0.4, -0.2) is 11.1 Å². The lowest BCUT2D eigenvalue weighted by Gasteiger charge is -2.12. The molecule has 0 saturated heterocycles. The van der Waals surface area contributed by atoms with Crippen molar-refractivity contribution in [1.82, 2.24) is 10.5 Å². The van der Waals surface area contributed by atoms with Gasteiger partial charge < -0.3 is 9.84 Å². The van der Waals surface area contributed by atoms with Gasteiger partial charge in [-0.25, -0.2) is 0 Å². The van der Waals surface area contributed by atoms with E-state index < -0.39 is 17.7 Å². The molecule has 1 aromatic carbocycles. The fraction of sp³-hybridized carbons (Fsp3) is 0.412. The first kappa shape index (κ1) is 16.5. The van der Waals surface area contributed by atoms with Gasteiger partial charge in [-0.15, -0.1) is 0 Å². The topological polar surface area (TPSA) is 55.1 Å². The lowest BCUT2D eigenvalue weighted by molar-refractivity contribution is -0.138. The van der Waals surface area contributed by atoms with E-state index in [9.17, 15) is 18.0 Å². The molecule has 1 fully saturated rings. The molecule has 0 aliphatic heterocycles. The number of aryl methyl sites for hydroxylation is 2. The third-order valence-electron chi connectivity index (χ3n) is 4.41. The van der Waals surface area contributed by atoms with Crippen molar-refractivity contribution >= 4 is 5.91 Å². The monoisotopic (exact) mass is 338 g/mol. The van der Waals surface area contributed by atoms with Crippen molar-refractivity contribution in [3.05, 3.63) is 52.4 Å². The predicted octanol–water partition coefficient (Wildman–Crippen LogP) is 3.73. The van der Waals surface area contributed by atoms with E-state index in [0.717, 1.165) is 11.6 Å². The molecule has 128 valence electrons. The average Bonchev–Trinajstić information content (AvgIpc) is 3.26. The van der Waals surface area contributed by atoms with Crippen molar-refractivity contribution in [3.63, 3.8) is 0 Å². The maximum Gasteiger partial charge on any atom is 0.416 e. The summed E-state index contributed by atoms with van der Waals surface area (Å²) in [6.45, 7) is 3.79. The van der Waals surface area contributed by atoms with E-state index in [1.807, 2.05) is 0 Å². The SMILES string of the molecule is Cc1noc(C)c1CNC(=O)[C@@H]1C[C@@H]1c1ccccc1C(F)(F)F. The van der Waals surface area contributed by atoms with Crippen LogP contribution in [0.15, 0.2) is 28.8 Å². The number of amides is 1. The molecule has 0 unspecified atom stereocenters. The summed E-state index contributed by atoms with van der Waals surface area (Å²) in [5.41, 5.74) is 1.04. The summed E-state index contributed by atoms with van der Waals surface area (Å²) in [5, 5.41) is 6.57. The Kier molecular flexibility index (Phi) is 4.11. The van der Waals surface area contributed by atoms with Crippen molar-refractivity contribution in [1.29, 1.82) is 0 Å². The maximum absolute atomic E-state index is 13.1. The van der Waals surface area contributed by atoms with Crippen molar-refractivity contribution in [2.24, 2.45) is 5.92 Å². The van der Waals surface area contributed by atoms with Crippen LogP contribution < -0.4 is 5.32 Å². The predicted molar refractivity (Wildman–Crippen MR) is 80.1 cm³/mol. The number of alkyl halides is 3. The molecule has 2 aromatic rings. The lowest BCUT2D eigenvalue weighted by atomic mass is 10.0. The first-order chi connectivity index (χ1) is 11.3. The Bertz CT molecular complexity index is 748. The first-order valence-electron chi connectivity index (χ1n) is 7.64. The Hall–Kier alpha value is -2.31. The van der Waals surface area contributed by atoms with Gasteiger partial charge in [-0.2, -0.15) is 13.2 Å². The quantitative estimate of drug-likeness (QED) is 0.924. The molecular weight excluding hydrogens is 321 g/mol. The van der Waals surface area contributed by atoms with Gasteiger partial charge in [0, 0.05) is 18.0 Å². The van der Waals surface area contributed by atoms with Gasteiger partial charge in [0.1, 0.15) is 5.76 Å². The van der Waals surface area contributed by atoms with Crippen LogP contribution in [0.4, 0.5) is 13.2 Å². The van der Waals surface area contributed by atoms with Crippen LogP contribution in [0.25, 0.3) is 0 Å². The molecule has 3 rings (SSSR count). The number of hydrogen-bond acceptors (Lipinski definition) is 3. The minimum Gasteiger partial charge on any atom is -0.361 e.